The van der Waals surface area contributed by atoms with Gasteiger partial charge in [-0.2, -0.15) is 0 Å². The summed E-state index contributed by atoms with van der Waals surface area (Å²) in [7, 11) is 3.77. The molecule has 0 radical (unpaired) electrons. The minimum Gasteiger partial charge on any atom is -0.494 e. The largest absolute Gasteiger partial charge is 0.494 e. The zero-order chi connectivity index (χ0) is 14.4. The van der Waals surface area contributed by atoms with E-state index in [-0.39, 0.29) is 11.6 Å². The summed E-state index contributed by atoms with van der Waals surface area (Å²) in [5.74, 6) is 0.928. The number of ether oxygens (including phenoxy) is 3. The van der Waals surface area contributed by atoms with E-state index in [1.165, 1.54) is 0 Å². The first-order chi connectivity index (χ1) is 9.77. The second-order valence-corrected chi connectivity index (χ2v) is 5.07. The SMILES string of the molecule is CCOc1ccccc1C(NC)C1(OC)CCOCC1. The van der Waals surface area contributed by atoms with Gasteiger partial charge in [-0.1, -0.05) is 18.2 Å². The van der Waals surface area contributed by atoms with Gasteiger partial charge in [-0.05, 0) is 20.0 Å². The Balaban J connectivity index is 2.35. The maximum atomic E-state index is 5.92. The van der Waals surface area contributed by atoms with Gasteiger partial charge < -0.3 is 19.5 Å². The zero-order valence-corrected chi connectivity index (χ0v) is 12.6. The lowest BCUT2D eigenvalue weighted by molar-refractivity contribution is -0.110. The van der Waals surface area contributed by atoms with E-state index in [1.54, 1.807) is 7.11 Å². The number of likely N-dealkylation sites (N-methyl/N-ethyl adjacent to an activating group) is 1. The number of hydrogen-bond acceptors (Lipinski definition) is 4. The van der Waals surface area contributed by atoms with E-state index in [1.807, 2.05) is 32.2 Å². The molecule has 20 heavy (non-hydrogen) atoms. The Bertz CT molecular complexity index is 416. The quantitative estimate of drug-likeness (QED) is 0.868. The van der Waals surface area contributed by atoms with Crippen molar-refractivity contribution >= 4 is 0 Å². The van der Waals surface area contributed by atoms with Crippen LogP contribution in [0.15, 0.2) is 24.3 Å². The molecule has 2 rings (SSSR count). The molecule has 1 atom stereocenters. The topological polar surface area (TPSA) is 39.7 Å². The normalized spacial score (nSPS) is 19.6. The summed E-state index contributed by atoms with van der Waals surface area (Å²) in [6.07, 6.45) is 1.77. The lowest BCUT2D eigenvalue weighted by Crippen LogP contribution is -2.48. The zero-order valence-electron chi connectivity index (χ0n) is 12.6. The van der Waals surface area contributed by atoms with Crippen LogP contribution in [0.5, 0.6) is 5.75 Å². The summed E-state index contributed by atoms with van der Waals surface area (Å²) in [4.78, 5) is 0. The van der Waals surface area contributed by atoms with E-state index in [4.69, 9.17) is 14.2 Å². The van der Waals surface area contributed by atoms with Crippen molar-refractivity contribution in [3.05, 3.63) is 29.8 Å². The Kier molecular flexibility index (Phi) is 5.40. The van der Waals surface area contributed by atoms with Crippen LogP contribution in [0.3, 0.4) is 0 Å². The average molecular weight is 279 g/mol. The predicted molar refractivity (Wildman–Crippen MR) is 79.2 cm³/mol. The van der Waals surface area contributed by atoms with Crippen LogP contribution < -0.4 is 10.1 Å². The van der Waals surface area contributed by atoms with Gasteiger partial charge in [-0.25, -0.2) is 0 Å². The Hall–Kier alpha value is -1.10. The number of nitrogens with one attached hydrogen (secondary N) is 1. The highest BCUT2D eigenvalue weighted by Crippen LogP contribution is 2.40. The van der Waals surface area contributed by atoms with Crippen molar-refractivity contribution in [2.24, 2.45) is 0 Å². The molecule has 0 saturated carbocycles. The molecule has 0 amide bonds. The van der Waals surface area contributed by atoms with Gasteiger partial charge in [0.1, 0.15) is 5.75 Å². The number of benzene rings is 1. The molecule has 1 aromatic rings. The number of para-hydroxylation sites is 1. The molecule has 4 heteroatoms. The summed E-state index contributed by atoms with van der Waals surface area (Å²) in [5.41, 5.74) is 0.917. The van der Waals surface area contributed by atoms with E-state index in [9.17, 15) is 0 Å². The standard InChI is InChI=1S/C16H25NO3/c1-4-20-14-8-6-5-7-13(14)15(17-2)16(18-3)9-11-19-12-10-16/h5-8,15,17H,4,9-12H2,1-3H3. The second kappa shape index (κ2) is 7.07. The lowest BCUT2D eigenvalue weighted by atomic mass is 9.82. The molecule has 1 aromatic carbocycles. The van der Waals surface area contributed by atoms with Crippen molar-refractivity contribution in [1.82, 2.24) is 5.32 Å². The highest BCUT2D eigenvalue weighted by Gasteiger charge is 2.41. The minimum atomic E-state index is -0.236. The van der Waals surface area contributed by atoms with Gasteiger partial charge in [0, 0.05) is 38.7 Å². The Labute approximate surface area is 121 Å². The van der Waals surface area contributed by atoms with Crippen molar-refractivity contribution in [2.75, 3.05) is 34.0 Å². The maximum Gasteiger partial charge on any atom is 0.124 e. The first-order valence-corrected chi connectivity index (χ1v) is 7.29. The molecule has 1 heterocycles. The third kappa shape index (κ3) is 2.97. The van der Waals surface area contributed by atoms with Gasteiger partial charge in [0.25, 0.3) is 0 Å². The van der Waals surface area contributed by atoms with Crippen molar-refractivity contribution in [1.29, 1.82) is 0 Å². The van der Waals surface area contributed by atoms with E-state index in [0.29, 0.717) is 6.61 Å². The molecule has 0 aliphatic carbocycles. The molecule has 1 aliphatic heterocycles. The van der Waals surface area contributed by atoms with Crippen molar-refractivity contribution in [2.45, 2.75) is 31.4 Å². The summed E-state index contributed by atoms with van der Waals surface area (Å²) in [5, 5.41) is 3.42. The molecular formula is C16H25NO3. The molecule has 0 aromatic heterocycles. The van der Waals surface area contributed by atoms with Crippen LogP contribution >= 0.6 is 0 Å². The van der Waals surface area contributed by atoms with E-state index in [2.05, 4.69) is 11.4 Å². The van der Waals surface area contributed by atoms with Crippen LogP contribution in [0.25, 0.3) is 0 Å². The molecule has 0 spiro atoms. The highest BCUT2D eigenvalue weighted by atomic mass is 16.5. The lowest BCUT2D eigenvalue weighted by Gasteiger charge is -2.42. The first kappa shape index (κ1) is 15.3. The minimum absolute atomic E-state index is 0.0964. The molecule has 112 valence electrons. The van der Waals surface area contributed by atoms with E-state index >= 15 is 0 Å². The van der Waals surface area contributed by atoms with Gasteiger partial charge in [0.05, 0.1) is 18.2 Å². The van der Waals surface area contributed by atoms with Gasteiger partial charge >= 0.3 is 0 Å². The van der Waals surface area contributed by atoms with Crippen LogP contribution in [0.4, 0.5) is 0 Å². The summed E-state index contributed by atoms with van der Waals surface area (Å²) in [6, 6.07) is 8.28. The predicted octanol–water partition coefficient (Wildman–Crippen LogP) is 2.54. The van der Waals surface area contributed by atoms with Crippen LogP contribution in [0, 0.1) is 0 Å². The van der Waals surface area contributed by atoms with E-state index in [0.717, 1.165) is 37.4 Å². The van der Waals surface area contributed by atoms with Gasteiger partial charge in [-0.15, -0.1) is 0 Å². The van der Waals surface area contributed by atoms with Crippen LogP contribution in [-0.4, -0.2) is 39.6 Å². The number of hydrogen-bond donors (Lipinski definition) is 1. The van der Waals surface area contributed by atoms with Gasteiger partial charge in [0.2, 0.25) is 0 Å². The van der Waals surface area contributed by atoms with Gasteiger partial charge in [-0.3, -0.25) is 0 Å². The number of methoxy groups -OCH3 is 1. The monoisotopic (exact) mass is 279 g/mol. The Morgan fingerprint density at radius 2 is 2.00 bits per heavy atom. The van der Waals surface area contributed by atoms with Crippen molar-refractivity contribution in [3.8, 4) is 5.75 Å². The van der Waals surface area contributed by atoms with Gasteiger partial charge in [0.15, 0.2) is 0 Å². The Morgan fingerprint density at radius 1 is 1.30 bits per heavy atom. The molecule has 1 aliphatic rings. The maximum absolute atomic E-state index is 5.92. The molecule has 4 nitrogen and oxygen atoms in total. The third-order valence-electron chi connectivity index (χ3n) is 4.09. The van der Waals surface area contributed by atoms with Crippen LogP contribution in [0.1, 0.15) is 31.4 Å². The van der Waals surface area contributed by atoms with Crippen molar-refractivity contribution < 1.29 is 14.2 Å². The average Bonchev–Trinajstić information content (AvgIpc) is 2.51. The van der Waals surface area contributed by atoms with Crippen molar-refractivity contribution in [3.63, 3.8) is 0 Å². The molecule has 1 unspecified atom stereocenters. The molecular weight excluding hydrogens is 254 g/mol. The second-order valence-electron chi connectivity index (χ2n) is 5.07. The summed E-state index contributed by atoms with van der Waals surface area (Å²) < 4.78 is 17.2. The Morgan fingerprint density at radius 3 is 2.60 bits per heavy atom. The van der Waals surface area contributed by atoms with Crippen LogP contribution in [0.2, 0.25) is 0 Å². The smallest absolute Gasteiger partial charge is 0.124 e. The fraction of sp³-hybridized carbons (Fsp3) is 0.625. The summed E-state index contributed by atoms with van der Waals surface area (Å²) in [6.45, 7) is 4.15. The van der Waals surface area contributed by atoms with Crippen LogP contribution in [-0.2, 0) is 9.47 Å². The fourth-order valence-corrected chi connectivity index (χ4v) is 3.04. The number of rotatable bonds is 6. The molecule has 0 bridgehead atoms. The fourth-order valence-electron chi connectivity index (χ4n) is 3.04. The first-order valence-electron chi connectivity index (χ1n) is 7.29. The third-order valence-corrected chi connectivity index (χ3v) is 4.09. The highest BCUT2D eigenvalue weighted by molar-refractivity contribution is 5.37. The van der Waals surface area contributed by atoms with E-state index < -0.39 is 0 Å². The molecule has 1 fully saturated rings. The molecule has 1 saturated heterocycles. The summed E-state index contributed by atoms with van der Waals surface area (Å²) >= 11 is 0. The molecule has 1 N–H and O–H groups in total.